The summed E-state index contributed by atoms with van der Waals surface area (Å²) in [6.07, 6.45) is 7.68. The highest BCUT2D eigenvalue weighted by Gasteiger charge is 2.47. The summed E-state index contributed by atoms with van der Waals surface area (Å²) >= 11 is 1.69. The number of nitrogens with one attached hydrogen (secondary N) is 1. The van der Waals surface area contributed by atoms with Gasteiger partial charge in [-0.15, -0.1) is 11.8 Å². The van der Waals surface area contributed by atoms with Crippen LogP contribution in [-0.2, 0) is 9.53 Å². The molecule has 1 aromatic rings. The number of aromatic nitrogens is 2. The fraction of sp³-hybridized carbons (Fsp3) is 0.667. The van der Waals surface area contributed by atoms with Crippen LogP contribution in [0.25, 0.3) is 0 Å². The molecule has 0 bridgehead atoms. The van der Waals surface area contributed by atoms with E-state index in [1.54, 1.807) is 30.4 Å². The molecule has 2 rings (SSSR count). The first-order valence-electron chi connectivity index (χ1n) is 7.43. The van der Waals surface area contributed by atoms with Gasteiger partial charge in [0.1, 0.15) is 10.6 Å². The van der Waals surface area contributed by atoms with Crippen molar-refractivity contribution in [1.82, 2.24) is 15.3 Å². The number of hydrogen-bond acceptors (Lipinski definition) is 6. The van der Waals surface area contributed by atoms with Crippen molar-refractivity contribution in [3.63, 3.8) is 0 Å². The quantitative estimate of drug-likeness (QED) is 0.814. The Morgan fingerprint density at radius 1 is 1.57 bits per heavy atom. The van der Waals surface area contributed by atoms with E-state index in [4.69, 9.17) is 4.74 Å². The Morgan fingerprint density at radius 2 is 2.38 bits per heavy atom. The maximum Gasteiger partial charge on any atom is 0.326 e. The predicted octanol–water partition coefficient (Wildman–Crippen LogP) is 2.42. The molecule has 1 saturated carbocycles. The van der Waals surface area contributed by atoms with Crippen LogP contribution in [0, 0.1) is 0 Å². The molecule has 6 heteroatoms. The van der Waals surface area contributed by atoms with E-state index in [0.717, 1.165) is 24.3 Å². The third-order valence-electron chi connectivity index (χ3n) is 3.53. The first-order chi connectivity index (χ1) is 10.1. The molecule has 5 nitrogen and oxygen atoms in total. The summed E-state index contributed by atoms with van der Waals surface area (Å²) in [5.74, 6) is -0.124. The molecule has 0 spiro atoms. The summed E-state index contributed by atoms with van der Waals surface area (Å²) in [6.45, 7) is 6.39. The predicted molar refractivity (Wildman–Crippen MR) is 83.2 cm³/mol. The summed E-state index contributed by atoms with van der Waals surface area (Å²) in [4.78, 5) is 20.8. The van der Waals surface area contributed by atoms with Gasteiger partial charge >= 0.3 is 5.97 Å². The smallest absolute Gasteiger partial charge is 0.326 e. The maximum atomic E-state index is 12.4. The molecule has 0 amide bonds. The monoisotopic (exact) mass is 309 g/mol. The highest BCUT2D eigenvalue weighted by atomic mass is 32.2. The number of esters is 1. The lowest BCUT2D eigenvalue weighted by atomic mass is 9.96. The van der Waals surface area contributed by atoms with E-state index in [1.807, 2.05) is 6.92 Å². The number of nitrogens with zero attached hydrogens (tertiary/aromatic N) is 2. The number of hydrogen-bond donors (Lipinski definition) is 1. The zero-order valence-corrected chi connectivity index (χ0v) is 13.7. The highest BCUT2D eigenvalue weighted by molar-refractivity contribution is 7.99. The Balaban J connectivity index is 2.05. The van der Waals surface area contributed by atoms with Gasteiger partial charge in [0.2, 0.25) is 0 Å². The number of carbonyl (C=O) groups is 1. The number of thioether (sulfide) groups is 1. The molecule has 116 valence electrons. The molecule has 0 saturated heterocycles. The second-order valence-electron chi connectivity index (χ2n) is 5.63. The maximum absolute atomic E-state index is 12.4. The molecule has 0 aliphatic heterocycles. The fourth-order valence-electron chi connectivity index (χ4n) is 2.82. The topological polar surface area (TPSA) is 64.1 Å². The molecule has 2 unspecified atom stereocenters. The van der Waals surface area contributed by atoms with Crippen LogP contribution in [0.5, 0.6) is 0 Å². The average molecular weight is 309 g/mol. The first-order valence-corrected chi connectivity index (χ1v) is 8.31. The summed E-state index contributed by atoms with van der Waals surface area (Å²) in [5.41, 5.74) is -0.552. The molecule has 1 aromatic heterocycles. The minimum absolute atomic E-state index is 0.124. The molecular weight excluding hydrogens is 286 g/mol. The summed E-state index contributed by atoms with van der Waals surface area (Å²) in [7, 11) is 0. The van der Waals surface area contributed by atoms with Gasteiger partial charge in [0.15, 0.2) is 0 Å². The van der Waals surface area contributed by atoms with Crippen molar-refractivity contribution < 1.29 is 9.53 Å². The normalized spacial score (nSPS) is 25.2. The standard InChI is InChI=1S/C15H23N3O2S/c1-4-20-14(19)15(18-11(2)3)6-5-12(9-15)21-13-10-16-7-8-17-13/h7-8,10-12,18H,4-6,9H2,1-3H3. The van der Waals surface area contributed by atoms with E-state index in [-0.39, 0.29) is 12.0 Å². The van der Waals surface area contributed by atoms with Crippen LogP contribution in [-0.4, -0.2) is 39.4 Å². The summed E-state index contributed by atoms with van der Waals surface area (Å²) in [6, 6.07) is 0.245. The SMILES string of the molecule is CCOC(=O)C1(NC(C)C)CCC(Sc2cnccn2)C1. The van der Waals surface area contributed by atoms with Gasteiger partial charge in [-0.3, -0.25) is 15.1 Å². The third kappa shape index (κ3) is 4.17. The van der Waals surface area contributed by atoms with Crippen LogP contribution in [0.4, 0.5) is 0 Å². The first kappa shape index (κ1) is 16.2. The van der Waals surface area contributed by atoms with Crippen LogP contribution in [0.15, 0.2) is 23.6 Å². The van der Waals surface area contributed by atoms with Gasteiger partial charge in [-0.1, -0.05) is 0 Å². The molecule has 2 atom stereocenters. The highest BCUT2D eigenvalue weighted by Crippen LogP contribution is 2.40. The Labute approximate surface area is 130 Å². The molecule has 0 aromatic carbocycles. The van der Waals surface area contributed by atoms with E-state index in [0.29, 0.717) is 11.9 Å². The van der Waals surface area contributed by atoms with E-state index >= 15 is 0 Å². The van der Waals surface area contributed by atoms with Crippen molar-refractivity contribution >= 4 is 17.7 Å². The van der Waals surface area contributed by atoms with Gasteiger partial charge in [0, 0.05) is 23.7 Å². The minimum Gasteiger partial charge on any atom is -0.465 e. The molecule has 0 radical (unpaired) electrons. The lowest BCUT2D eigenvalue weighted by molar-refractivity contribution is -0.151. The van der Waals surface area contributed by atoms with Gasteiger partial charge in [0.05, 0.1) is 12.8 Å². The largest absolute Gasteiger partial charge is 0.465 e. The molecule has 1 heterocycles. The van der Waals surface area contributed by atoms with Gasteiger partial charge in [-0.05, 0) is 40.0 Å². The molecular formula is C15H23N3O2S. The Morgan fingerprint density at radius 3 is 3.00 bits per heavy atom. The van der Waals surface area contributed by atoms with Gasteiger partial charge < -0.3 is 4.74 Å². The van der Waals surface area contributed by atoms with Crippen molar-refractivity contribution in [1.29, 1.82) is 0 Å². The second-order valence-corrected chi connectivity index (χ2v) is 6.95. The van der Waals surface area contributed by atoms with Crippen LogP contribution >= 0.6 is 11.8 Å². The van der Waals surface area contributed by atoms with Crippen molar-refractivity contribution in [3.8, 4) is 0 Å². The number of rotatable bonds is 6. The Bertz CT molecular complexity index is 469. The average Bonchev–Trinajstić information content (AvgIpc) is 2.83. The third-order valence-corrected chi connectivity index (χ3v) is 4.72. The van der Waals surface area contributed by atoms with Crippen LogP contribution in [0.2, 0.25) is 0 Å². The van der Waals surface area contributed by atoms with Gasteiger partial charge in [-0.25, -0.2) is 4.98 Å². The second kappa shape index (κ2) is 7.22. The summed E-state index contributed by atoms with van der Waals surface area (Å²) in [5, 5.41) is 4.70. The van der Waals surface area contributed by atoms with E-state index in [9.17, 15) is 4.79 Å². The van der Waals surface area contributed by atoms with Crippen LogP contribution < -0.4 is 5.32 Å². The summed E-state index contributed by atoms with van der Waals surface area (Å²) < 4.78 is 5.29. The lowest BCUT2D eigenvalue weighted by Gasteiger charge is -2.30. The molecule has 1 fully saturated rings. The molecule has 21 heavy (non-hydrogen) atoms. The Hall–Kier alpha value is -1.14. The van der Waals surface area contributed by atoms with Crippen LogP contribution in [0.1, 0.15) is 40.0 Å². The van der Waals surface area contributed by atoms with E-state index < -0.39 is 5.54 Å². The van der Waals surface area contributed by atoms with Gasteiger partial charge in [0.25, 0.3) is 0 Å². The van der Waals surface area contributed by atoms with Crippen molar-refractivity contribution in [3.05, 3.63) is 18.6 Å². The van der Waals surface area contributed by atoms with Crippen molar-refractivity contribution in [2.75, 3.05) is 6.61 Å². The molecule has 1 aliphatic rings. The molecule has 1 N–H and O–H groups in total. The number of ether oxygens (including phenoxy) is 1. The van der Waals surface area contributed by atoms with Crippen LogP contribution in [0.3, 0.4) is 0 Å². The Kier molecular flexibility index (Phi) is 5.58. The van der Waals surface area contributed by atoms with Gasteiger partial charge in [-0.2, -0.15) is 0 Å². The fourth-order valence-corrected chi connectivity index (χ4v) is 4.00. The minimum atomic E-state index is -0.552. The van der Waals surface area contributed by atoms with E-state index in [2.05, 4.69) is 29.1 Å². The zero-order valence-electron chi connectivity index (χ0n) is 12.8. The van der Waals surface area contributed by atoms with Crippen molar-refractivity contribution in [2.45, 2.75) is 61.9 Å². The van der Waals surface area contributed by atoms with Crippen molar-refractivity contribution in [2.24, 2.45) is 0 Å². The molecule has 1 aliphatic carbocycles. The lowest BCUT2D eigenvalue weighted by Crippen LogP contribution is -2.54. The van der Waals surface area contributed by atoms with E-state index in [1.165, 1.54) is 0 Å². The number of carbonyl (C=O) groups excluding carboxylic acids is 1. The zero-order chi connectivity index (χ0) is 15.3.